The molecule has 0 amide bonds. The zero-order chi connectivity index (χ0) is 14.4. The average molecular weight is 266 g/mol. The van der Waals surface area contributed by atoms with Gasteiger partial charge in [0.15, 0.2) is 0 Å². The van der Waals surface area contributed by atoms with Crippen molar-refractivity contribution in [1.29, 1.82) is 0 Å². The van der Waals surface area contributed by atoms with Gasteiger partial charge in [0.2, 0.25) is 0 Å². The lowest BCUT2D eigenvalue weighted by Crippen LogP contribution is -2.28. The van der Waals surface area contributed by atoms with E-state index in [0.717, 1.165) is 19.5 Å². The van der Waals surface area contributed by atoms with Crippen molar-refractivity contribution in [2.24, 2.45) is 11.7 Å². The molecule has 1 atom stereocenters. The Kier molecular flexibility index (Phi) is 6.52. The number of nitrogens with zero attached hydrogens (tertiary/aromatic N) is 3. The quantitative estimate of drug-likeness (QED) is 0.785. The minimum atomic E-state index is 0.408. The smallest absolute Gasteiger partial charge is 0.0948 e. The molecular weight excluding hydrogens is 236 g/mol. The van der Waals surface area contributed by atoms with Crippen molar-refractivity contribution in [1.82, 2.24) is 14.5 Å². The maximum absolute atomic E-state index is 5.90. The lowest BCUT2D eigenvalue weighted by Gasteiger charge is -2.23. The molecule has 110 valence electrons. The van der Waals surface area contributed by atoms with E-state index in [2.05, 4.69) is 49.2 Å². The molecule has 0 saturated heterocycles. The first-order valence-electron chi connectivity index (χ1n) is 7.37. The van der Waals surface area contributed by atoms with E-state index in [1.807, 2.05) is 12.5 Å². The van der Waals surface area contributed by atoms with Crippen LogP contribution in [0.2, 0.25) is 0 Å². The molecule has 0 bridgehead atoms. The second kappa shape index (κ2) is 7.65. The minimum Gasteiger partial charge on any atom is -0.334 e. The molecule has 0 aliphatic carbocycles. The molecule has 1 unspecified atom stereocenters. The first-order valence-corrected chi connectivity index (χ1v) is 7.37. The van der Waals surface area contributed by atoms with Crippen LogP contribution in [-0.4, -0.2) is 40.6 Å². The highest BCUT2D eigenvalue weighted by atomic mass is 15.1. The fourth-order valence-electron chi connectivity index (χ4n) is 2.31. The maximum Gasteiger partial charge on any atom is 0.0948 e. The zero-order valence-electron chi connectivity index (χ0n) is 13.1. The van der Waals surface area contributed by atoms with Gasteiger partial charge >= 0.3 is 0 Å². The number of hydrogen-bond donors (Lipinski definition) is 1. The van der Waals surface area contributed by atoms with Crippen molar-refractivity contribution in [2.75, 3.05) is 20.1 Å². The Balaban J connectivity index is 2.58. The number of rotatable bonds is 8. The van der Waals surface area contributed by atoms with Crippen molar-refractivity contribution in [2.45, 2.75) is 52.6 Å². The normalized spacial score (nSPS) is 13.7. The van der Waals surface area contributed by atoms with Crippen LogP contribution in [0.25, 0.3) is 0 Å². The molecule has 0 aromatic carbocycles. The number of imidazole rings is 1. The molecule has 0 fully saturated rings. The summed E-state index contributed by atoms with van der Waals surface area (Å²) in [7, 11) is 2.18. The second-order valence-electron chi connectivity index (χ2n) is 6.03. The molecule has 4 nitrogen and oxygen atoms in total. The molecule has 0 aliphatic heterocycles. The summed E-state index contributed by atoms with van der Waals surface area (Å²) in [4.78, 5) is 6.67. The Morgan fingerprint density at radius 3 is 2.53 bits per heavy atom. The molecule has 1 aromatic heterocycles. The van der Waals surface area contributed by atoms with E-state index in [9.17, 15) is 0 Å². The molecule has 1 heterocycles. The van der Waals surface area contributed by atoms with Crippen LogP contribution in [0, 0.1) is 5.92 Å². The van der Waals surface area contributed by atoms with E-state index in [1.165, 1.54) is 5.69 Å². The molecule has 0 aliphatic rings. The Hall–Kier alpha value is -0.870. The third-order valence-electron chi connectivity index (χ3n) is 3.97. The fourth-order valence-corrected chi connectivity index (χ4v) is 2.31. The van der Waals surface area contributed by atoms with Gasteiger partial charge < -0.3 is 15.2 Å². The van der Waals surface area contributed by atoms with Crippen molar-refractivity contribution < 1.29 is 0 Å². The number of hydrogen-bond acceptors (Lipinski definition) is 3. The first kappa shape index (κ1) is 16.2. The third kappa shape index (κ3) is 4.62. The number of aryl methyl sites for hydroxylation is 1. The molecule has 19 heavy (non-hydrogen) atoms. The summed E-state index contributed by atoms with van der Waals surface area (Å²) in [6.45, 7) is 11.7. The van der Waals surface area contributed by atoms with Gasteiger partial charge in [0.1, 0.15) is 0 Å². The Bertz CT molecular complexity index is 357. The topological polar surface area (TPSA) is 47.1 Å². The van der Waals surface area contributed by atoms with E-state index < -0.39 is 0 Å². The summed E-state index contributed by atoms with van der Waals surface area (Å²) in [5.41, 5.74) is 7.18. The van der Waals surface area contributed by atoms with Gasteiger partial charge in [-0.15, -0.1) is 0 Å². The highest BCUT2D eigenvalue weighted by Crippen LogP contribution is 2.23. The van der Waals surface area contributed by atoms with Gasteiger partial charge in [-0.3, -0.25) is 0 Å². The van der Waals surface area contributed by atoms with E-state index in [0.29, 0.717) is 24.4 Å². The number of aromatic nitrogens is 2. The van der Waals surface area contributed by atoms with Crippen molar-refractivity contribution in [3.63, 3.8) is 0 Å². The predicted octanol–water partition coefficient (Wildman–Crippen LogP) is 2.31. The van der Waals surface area contributed by atoms with Gasteiger partial charge in [0, 0.05) is 36.9 Å². The van der Waals surface area contributed by atoms with Crippen molar-refractivity contribution >= 4 is 0 Å². The molecule has 1 aromatic rings. The fraction of sp³-hybridized carbons (Fsp3) is 0.800. The Morgan fingerprint density at radius 1 is 1.32 bits per heavy atom. The van der Waals surface area contributed by atoms with Crippen LogP contribution in [0.15, 0.2) is 12.5 Å². The van der Waals surface area contributed by atoms with Gasteiger partial charge in [-0.25, -0.2) is 4.98 Å². The van der Waals surface area contributed by atoms with Crippen LogP contribution in [-0.2, 0) is 6.54 Å². The monoisotopic (exact) mass is 266 g/mol. The van der Waals surface area contributed by atoms with Gasteiger partial charge in [0.25, 0.3) is 0 Å². The average Bonchev–Trinajstić information content (AvgIpc) is 2.77. The highest BCUT2D eigenvalue weighted by molar-refractivity contribution is 5.08. The minimum absolute atomic E-state index is 0.408. The molecule has 4 heteroatoms. The summed E-state index contributed by atoms with van der Waals surface area (Å²) < 4.78 is 2.27. The summed E-state index contributed by atoms with van der Waals surface area (Å²) in [5.74, 6) is 0.962. The molecule has 1 rings (SSSR count). The largest absolute Gasteiger partial charge is 0.334 e. The Labute approximate surface area is 118 Å². The molecular formula is C15H30N4. The van der Waals surface area contributed by atoms with Gasteiger partial charge in [0.05, 0.1) is 6.33 Å². The van der Waals surface area contributed by atoms with Crippen molar-refractivity contribution in [3.05, 3.63) is 18.2 Å². The summed E-state index contributed by atoms with van der Waals surface area (Å²) in [6.07, 6.45) is 5.06. The highest BCUT2D eigenvalue weighted by Gasteiger charge is 2.18. The van der Waals surface area contributed by atoms with Crippen LogP contribution < -0.4 is 5.73 Å². The SMILES string of the molecule is CC(C)C(CN)c1cncn1CCCN(C)C(C)C. The maximum atomic E-state index is 5.90. The Morgan fingerprint density at radius 2 is 2.00 bits per heavy atom. The van der Waals surface area contributed by atoms with Crippen LogP contribution in [0.1, 0.15) is 45.7 Å². The zero-order valence-corrected chi connectivity index (χ0v) is 13.1. The summed E-state index contributed by atoms with van der Waals surface area (Å²) in [6, 6.07) is 0.606. The van der Waals surface area contributed by atoms with Gasteiger partial charge in [-0.05, 0) is 39.8 Å². The predicted molar refractivity (Wildman–Crippen MR) is 81.2 cm³/mol. The van der Waals surface area contributed by atoms with Gasteiger partial charge in [-0.1, -0.05) is 13.8 Å². The van der Waals surface area contributed by atoms with Crippen LogP contribution in [0.3, 0.4) is 0 Å². The molecule has 0 saturated carbocycles. The molecule has 0 radical (unpaired) electrons. The standard InChI is InChI=1S/C15H30N4/c1-12(2)14(9-16)15-10-17-11-19(15)8-6-7-18(5)13(3)4/h10-14H,6-9,16H2,1-5H3. The van der Waals surface area contributed by atoms with E-state index in [1.54, 1.807) is 0 Å². The van der Waals surface area contributed by atoms with Crippen LogP contribution in [0.5, 0.6) is 0 Å². The van der Waals surface area contributed by atoms with E-state index in [4.69, 9.17) is 5.73 Å². The van der Waals surface area contributed by atoms with Crippen LogP contribution >= 0.6 is 0 Å². The lowest BCUT2D eigenvalue weighted by molar-refractivity contribution is 0.264. The summed E-state index contributed by atoms with van der Waals surface area (Å²) >= 11 is 0. The molecule has 2 N–H and O–H groups in total. The number of nitrogens with two attached hydrogens (primary N) is 1. The van der Waals surface area contributed by atoms with E-state index in [-0.39, 0.29) is 0 Å². The van der Waals surface area contributed by atoms with E-state index >= 15 is 0 Å². The summed E-state index contributed by atoms with van der Waals surface area (Å²) in [5, 5.41) is 0. The third-order valence-corrected chi connectivity index (χ3v) is 3.97. The van der Waals surface area contributed by atoms with Crippen LogP contribution in [0.4, 0.5) is 0 Å². The second-order valence-corrected chi connectivity index (χ2v) is 6.03. The van der Waals surface area contributed by atoms with Gasteiger partial charge in [-0.2, -0.15) is 0 Å². The molecule has 0 spiro atoms. The van der Waals surface area contributed by atoms with Crippen molar-refractivity contribution in [3.8, 4) is 0 Å². The lowest BCUT2D eigenvalue weighted by atomic mass is 9.93. The first-order chi connectivity index (χ1) is 8.97.